The predicted molar refractivity (Wildman–Crippen MR) is 107 cm³/mol. The topological polar surface area (TPSA) is 75.2 Å². The van der Waals surface area contributed by atoms with Gasteiger partial charge in [0.15, 0.2) is 0 Å². The molecule has 3 aromatic rings. The van der Waals surface area contributed by atoms with E-state index in [-0.39, 0.29) is 23.3 Å². The molecule has 1 unspecified atom stereocenters. The molecule has 2 heterocycles. The van der Waals surface area contributed by atoms with Crippen molar-refractivity contribution in [2.24, 2.45) is 5.92 Å². The summed E-state index contributed by atoms with van der Waals surface area (Å²) in [4.78, 5) is 34.4. The summed E-state index contributed by atoms with van der Waals surface area (Å²) < 4.78 is 14.0. The number of rotatable bonds is 5. The fraction of sp³-hybridized carbons (Fsp3) is 0.182. The van der Waals surface area contributed by atoms with Crippen LogP contribution in [0.1, 0.15) is 16.8 Å². The van der Waals surface area contributed by atoms with Crippen molar-refractivity contribution < 1.29 is 14.0 Å². The van der Waals surface area contributed by atoms with Gasteiger partial charge in [0.05, 0.1) is 0 Å². The highest BCUT2D eigenvalue weighted by atomic mass is 19.1. The summed E-state index contributed by atoms with van der Waals surface area (Å²) >= 11 is 0. The van der Waals surface area contributed by atoms with Gasteiger partial charge in [0.2, 0.25) is 5.91 Å². The van der Waals surface area contributed by atoms with Gasteiger partial charge in [-0.05, 0) is 35.9 Å². The van der Waals surface area contributed by atoms with Gasteiger partial charge in [-0.15, -0.1) is 0 Å². The first-order valence-corrected chi connectivity index (χ1v) is 9.30. The molecular formula is C22H19FN4O2. The third-order valence-corrected chi connectivity index (χ3v) is 4.88. The number of nitrogens with zero attached hydrogens (tertiary/aromatic N) is 3. The Hall–Kier alpha value is -3.61. The van der Waals surface area contributed by atoms with Crippen molar-refractivity contribution >= 4 is 17.5 Å². The van der Waals surface area contributed by atoms with Crippen LogP contribution >= 0.6 is 0 Å². The van der Waals surface area contributed by atoms with Gasteiger partial charge in [0.25, 0.3) is 5.91 Å². The van der Waals surface area contributed by atoms with Crippen LogP contribution in [-0.2, 0) is 4.79 Å². The highest BCUT2D eigenvalue weighted by Crippen LogP contribution is 2.25. The third-order valence-electron chi connectivity index (χ3n) is 4.88. The third kappa shape index (κ3) is 4.29. The first kappa shape index (κ1) is 18.7. The number of aromatic nitrogens is 2. The van der Waals surface area contributed by atoms with Crippen molar-refractivity contribution in [1.29, 1.82) is 0 Å². The van der Waals surface area contributed by atoms with Gasteiger partial charge in [-0.1, -0.05) is 18.2 Å². The minimum atomic E-state index is -0.511. The van der Waals surface area contributed by atoms with Gasteiger partial charge >= 0.3 is 0 Å². The second kappa shape index (κ2) is 8.18. The van der Waals surface area contributed by atoms with Crippen molar-refractivity contribution in [3.05, 3.63) is 78.6 Å². The van der Waals surface area contributed by atoms with Crippen LogP contribution in [0, 0.1) is 11.7 Å². The van der Waals surface area contributed by atoms with E-state index in [1.165, 1.54) is 18.5 Å². The Bertz CT molecular complexity index is 1030. The van der Waals surface area contributed by atoms with E-state index >= 15 is 0 Å². The molecule has 1 saturated heterocycles. The molecule has 1 aromatic heterocycles. The molecule has 1 aliphatic heterocycles. The molecule has 0 saturated carbocycles. The van der Waals surface area contributed by atoms with E-state index in [0.717, 1.165) is 5.69 Å². The Kier molecular flexibility index (Phi) is 5.29. The summed E-state index contributed by atoms with van der Waals surface area (Å²) in [6, 6.07) is 13.6. The fourth-order valence-electron chi connectivity index (χ4n) is 3.45. The lowest BCUT2D eigenvalue weighted by Crippen LogP contribution is -2.31. The van der Waals surface area contributed by atoms with E-state index in [1.807, 2.05) is 30.3 Å². The number of carbonyl (C=O) groups is 2. The molecule has 4 rings (SSSR count). The lowest BCUT2D eigenvalue weighted by Gasteiger charge is -2.17. The van der Waals surface area contributed by atoms with Crippen LogP contribution in [0.15, 0.2) is 67.3 Å². The molecule has 6 nitrogen and oxygen atoms in total. The second-order valence-electron chi connectivity index (χ2n) is 6.98. The largest absolute Gasteiger partial charge is 0.352 e. The molecule has 29 heavy (non-hydrogen) atoms. The highest BCUT2D eigenvalue weighted by molar-refractivity contribution is 5.97. The first-order chi connectivity index (χ1) is 14.1. The number of para-hydroxylation sites is 1. The molecule has 2 aromatic carbocycles. The van der Waals surface area contributed by atoms with E-state index in [1.54, 1.807) is 23.4 Å². The number of anilines is 1. The molecule has 1 fully saturated rings. The molecule has 0 radical (unpaired) electrons. The molecule has 0 aliphatic carbocycles. The zero-order valence-electron chi connectivity index (χ0n) is 15.6. The Morgan fingerprint density at radius 1 is 1.10 bits per heavy atom. The average molecular weight is 390 g/mol. The maximum Gasteiger partial charge on any atom is 0.251 e. The van der Waals surface area contributed by atoms with Gasteiger partial charge in [-0.25, -0.2) is 14.4 Å². The lowest BCUT2D eigenvalue weighted by molar-refractivity contribution is -0.117. The van der Waals surface area contributed by atoms with E-state index in [0.29, 0.717) is 30.6 Å². The molecule has 7 heteroatoms. The van der Waals surface area contributed by atoms with E-state index in [4.69, 9.17) is 0 Å². The van der Waals surface area contributed by atoms with Crippen molar-refractivity contribution in [3.63, 3.8) is 0 Å². The van der Waals surface area contributed by atoms with Crippen LogP contribution in [0.25, 0.3) is 11.1 Å². The Morgan fingerprint density at radius 2 is 1.86 bits per heavy atom. The molecule has 2 amide bonds. The molecule has 0 spiro atoms. The summed E-state index contributed by atoms with van der Waals surface area (Å²) in [7, 11) is 0. The number of amides is 2. The number of hydrogen-bond acceptors (Lipinski definition) is 4. The SMILES string of the molecule is O=C(NCC1CC(=O)N(c2ccccc2)C1)c1cc(F)cc(-c2cncnc2)c1. The number of benzene rings is 2. The van der Waals surface area contributed by atoms with Crippen molar-refractivity contribution in [2.75, 3.05) is 18.0 Å². The Balaban J connectivity index is 1.42. The van der Waals surface area contributed by atoms with Gasteiger partial charge in [0.1, 0.15) is 12.1 Å². The Labute approximate surface area is 167 Å². The standard InChI is InChI=1S/C22H19FN4O2/c23-19-8-16(18-11-24-14-25-12-18)7-17(9-19)22(29)26-10-15-6-21(28)27(13-15)20-4-2-1-3-5-20/h1-5,7-9,11-12,14-15H,6,10,13H2,(H,26,29). The summed E-state index contributed by atoms with van der Waals surface area (Å²) in [6.07, 6.45) is 4.88. The van der Waals surface area contributed by atoms with Crippen molar-refractivity contribution in [1.82, 2.24) is 15.3 Å². The molecule has 1 aliphatic rings. The summed E-state index contributed by atoms with van der Waals surface area (Å²) in [5, 5.41) is 2.82. The fourth-order valence-corrected chi connectivity index (χ4v) is 3.45. The van der Waals surface area contributed by atoms with Crippen LogP contribution < -0.4 is 10.2 Å². The zero-order chi connectivity index (χ0) is 20.2. The molecule has 1 N–H and O–H groups in total. The van der Waals surface area contributed by atoms with Crippen LogP contribution in [0.5, 0.6) is 0 Å². The van der Waals surface area contributed by atoms with Crippen LogP contribution in [-0.4, -0.2) is 34.9 Å². The zero-order valence-corrected chi connectivity index (χ0v) is 15.6. The summed E-state index contributed by atoms with van der Waals surface area (Å²) in [5.74, 6) is -0.856. The quantitative estimate of drug-likeness (QED) is 0.727. The lowest BCUT2D eigenvalue weighted by atomic mass is 10.0. The van der Waals surface area contributed by atoms with Crippen molar-refractivity contribution in [3.8, 4) is 11.1 Å². The van der Waals surface area contributed by atoms with Gasteiger partial charge < -0.3 is 10.2 Å². The van der Waals surface area contributed by atoms with E-state index in [2.05, 4.69) is 15.3 Å². The van der Waals surface area contributed by atoms with E-state index in [9.17, 15) is 14.0 Å². The van der Waals surface area contributed by atoms with Crippen LogP contribution in [0.3, 0.4) is 0 Å². The molecule has 0 bridgehead atoms. The maximum atomic E-state index is 14.0. The number of hydrogen-bond donors (Lipinski definition) is 1. The van der Waals surface area contributed by atoms with Gasteiger partial charge in [0, 0.05) is 54.6 Å². The predicted octanol–water partition coefficient (Wildman–Crippen LogP) is 3.07. The number of carbonyl (C=O) groups excluding carboxylic acids is 2. The maximum absolute atomic E-state index is 14.0. The van der Waals surface area contributed by atoms with Crippen LogP contribution in [0.2, 0.25) is 0 Å². The first-order valence-electron chi connectivity index (χ1n) is 9.30. The molecular weight excluding hydrogens is 371 g/mol. The normalized spacial score (nSPS) is 16.1. The monoisotopic (exact) mass is 390 g/mol. The minimum absolute atomic E-state index is 0.00205. The van der Waals surface area contributed by atoms with Crippen molar-refractivity contribution in [2.45, 2.75) is 6.42 Å². The summed E-state index contributed by atoms with van der Waals surface area (Å²) in [5.41, 5.74) is 2.22. The minimum Gasteiger partial charge on any atom is -0.352 e. The average Bonchev–Trinajstić information content (AvgIpc) is 3.13. The van der Waals surface area contributed by atoms with Crippen LogP contribution in [0.4, 0.5) is 10.1 Å². The van der Waals surface area contributed by atoms with Gasteiger partial charge in [-0.3, -0.25) is 9.59 Å². The Morgan fingerprint density at radius 3 is 2.62 bits per heavy atom. The molecule has 1 atom stereocenters. The van der Waals surface area contributed by atoms with E-state index < -0.39 is 5.82 Å². The summed E-state index contributed by atoms with van der Waals surface area (Å²) in [6.45, 7) is 0.882. The second-order valence-corrected chi connectivity index (χ2v) is 6.98. The highest BCUT2D eigenvalue weighted by Gasteiger charge is 2.30. The smallest absolute Gasteiger partial charge is 0.251 e. The van der Waals surface area contributed by atoms with Gasteiger partial charge in [-0.2, -0.15) is 0 Å². The molecule has 146 valence electrons. The number of nitrogens with one attached hydrogen (secondary N) is 1. The number of halogens is 1.